The highest BCUT2D eigenvalue weighted by Crippen LogP contribution is 2.22. The Hall–Kier alpha value is -0.590. The molecule has 1 heterocycles. The highest BCUT2D eigenvalue weighted by molar-refractivity contribution is 8.00. The Labute approximate surface area is 96.9 Å². The van der Waals surface area contributed by atoms with Crippen molar-refractivity contribution in [3.63, 3.8) is 0 Å². The first kappa shape index (κ1) is 12.5. The Morgan fingerprint density at radius 3 is 3.07 bits per heavy atom. The summed E-state index contributed by atoms with van der Waals surface area (Å²) < 4.78 is 1.02. The molecule has 0 spiro atoms. The molecule has 0 bridgehead atoms. The molecule has 0 fully saturated rings. The van der Waals surface area contributed by atoms with Crippen LogP contribution in [0.2, 0.25) is 0 Å². The molecule has 0 aliphatic heterocycles. The minimum Gasteiger partial charge on any atom is -0.480 e. The van der Waals surface area contributed by atoms with E-state index in [1.54, 1.807) is 36.2 Å². The minimum atomic E-state index is -1.11. The minimum absolute atomic E-state index is 0.487. The van der Waals surface area contributed by atoms with Crippen LogP contribution in [0, 0.1) is 0 Å². The number of aromatic nitrogens is 1. The number of carbonyl (C=O) groups is 1. The number of aliphatic carboxylic acids is 1. The van der Waals surface area contributed by atoms with Crippen LogP contribution in [0.5, 0.6) is 0 Å². The second kappa shape index (κ2) is 5.48. The number of hydrogen-bond donors (Lipinski definition) is 2. The Kier molecular flexibility index (Phi) is 4.56. The number of thioether (sulfide) groups is 1. The molecule has 0 saturated carbocycles. The van der Waals surface area contributed by atoms with Crippen molar-refractivity contribution in [1.29, 1.82) is 0 Å². The Morgan fingerprint density at radius 2 is 2.53 bits per heavy atom. The average molecular weight is 246 g/mol. The van der Waals surface area contributed by atoms with Gasteiger partial charge < -0.3 is 10.8 Å². The highest BCUT2D eigenvalue weighted by atomic mass is 32.2. The molecule has 1 aromatic heterocycles. The van der Waals surface area contributed by atoms with Crippen molar-refractivity contribution in [2.75, 3.05) is 5.75 Å². The second-order valence-corrected chi connectivity index (χ2v) is 5.71. The lowest BCUT2D eigenvalue weighted by atomic mass is 9.98. The van der Waals surface area contributed by atoms with Crippen LogP contribution in [0.1, 0.15) is 19.8 Å². The lowest BCUT2D eigenvalue weighted by molar-refractivity contribution is -0.142. The molecule has 3 N–H and O–H groups in total. The van der Waals surface area contributed by atoms with E-state index in [0.717, 1.165) is 16.5 Å². The highest BCUT2D eigenvalue weighted by Gasteiger charge is 2.26. The molecule has 0 aliphatic carbocycles. The van der Waals surface area contributed by atoms with Crippen molar-refractivity contribution in [3.05, 3.63) is 11.6 Å². The van der Waals surface area contributed by atoms with Crippen molar-refractivity contribution < 1.29 is 9.90 Å². The van der Waals surface area contributed by atoms with E-state index in [1.807, 2.05) is 5.38 Å². The Morgan fingerprint density at radius 1 is 1.80 bits per heavy atom. The molecule has 1 rings (SSSR count). The van der Waals surface area contributed by atoms with Gasteiger partial charge in [0.05, 0.1) is 0 Å². The molecule has 1 atom stereocenters. The average Bonchev–Trinajstić information content (AvgIpc) is 2.64. The fourth-order valence-corrected chi connectivity index (χ4v) is 2.63. The predicted octanol–water partition coefficient (Wildman–Crippen LogP) is 1.82. The third kappa shape index (κ3) is 4.19. The topological polar surface area (TPSA) is 76.2 Å². The maximum absolute atomic E-state index is 10.7. The van der Waals surface area contributed by atoms with Gasteiger partial charge in [-0.1, -0.05) is 11.8 Å². The van der Waals surface area contributed by atoms with Crippen LogP contribution in [-0.2, 0) is 4.79 Å². The van der Waals surface area contributed by atoms with E-state index in [9.17, 15) is 4.79 Å². The number of carboxylic acids is 1. The monoisotopic (exact) mass is 246 g/mol. The predicted molar refractivity (Wildman–Crippen MR) is 62.3 cm³/mol. The smallest absolute Gasteiger partial charge is 0.323 e. The van der Waals surface area contributed by atoms with Gasteiger partial charge in [0.25, 0.3) is 0 Å². The molecular weight excluding hydrogens is 232 g/mol. The number of hydrogen-bond acceptors (Lipinski definition) is 5. The van der Waals surface area contributed by atoms with Gasteiger partial charge in [0, 0.05) is 17.3 Å². The zero-order valence-corrected chi connectivity index (χ0v) is 10.1. The summed E-state index contributed by atoms with van der Waals surface area (Å²) in [7, 11) is 0. The van der Waals surface area contributed by atoms with Gasteiger partial charge in [-0.25, -0.2) is 4.98 Å². The molecule has 84 valence electrons. The summed E-state index contributed by atoms with van der Waals surface area (Å²) in [6, 6.07) is 0. The molecule has 0 amide bonds. The molecule has 0 aliphatic rings. The largest absolute Gasteiger partial charge is 0.480 e. The fourth-order valence-electron chi connectivity index (χ4n) is 0.987. The Bertz CT molecular complexity index is 312. The van der Waals surface area contributed by atoms with Crippen molar-refractivity contribution in [2.45, 2.75) is 29.6 Å². The van der Waals surface area contributed by atoms with Gasteiger partial charge in [0.15, 0.2) is 0 Å². The lowest BCUT2D eigenvalue weighted by Gasteiger charge is -2.18. The van der Waals surface area contributed by atoms with E-state index in [1.165, 1.54) is 0 Å². The molecule has 1 unspecified atom stereocenters. The maximum Gasteiger partial charge on any atom is 0.323 e. The van der Waals surface area contributed by atoms with Crippen LogP contribution in [0.15, 0.2) is 15.9 Å². The van der Waals surface area contributed by atoms with Crippen LogP contribution in [0.4, 0.5) is 0 Å². The van der Waals surface area contributed by atoms with Crippen molar-refractivity contribution in [1.82, 2.24) is 4.98 Å². The van der Waals surface area contributed by atoms with E-state index < -0.39 is 11.5 Å². The van der Waals surface area contributed by atoms with Crippen molar-refractivity contribution in [2.24, 2.45) is 5.73 Å². The molecule has 0 saturated heterocycles. The molecule has 1 aromatic rings. The molecule has 4 nitrogen and oxygen atoms in total. The van der Waals surface area contributed by atoms with Crippen LogP contribution >= 0.6 is 23.1 Å². The summed E-state index contributed by atoms with van der Waals surface area (Å²) in [4.78, 5) is 14.8. The van der Waals surface area contributed by atoms with Gasteiger partial charge >= 0.3 is 5.97 Å². The summed E-state index contributed by atoms with van der Waals surface area (Å²) in [6.45, 7) is 1.55. The maximum atomic E-state index is 10.7. The van der Waals surface area contributed by atoms with E-state index in [0.29, 0.717) is 6.42 Å². The first-order chi connectivity index (χ1) is 7.02. The Balaban J connectivity index is 2.19. The zero-order valence-electron chi connectivity index (χ0n) is 8.47. The van der Waals surface area contributed by atoms with Crippen LogP contribution in [-0.4, -0.2) is 27.4 Å². The molecule has 0 aromatic carbocycles. The van der Waals surface area contributed by atoms with Gasteiger partial charge in [0.1, 0.15) is 9.88 Å². The first-order valence-electron chi connectivity index (χ1n) is 4.57. The fraction of sp³-hybridized carbons (Fsp3) is 0.556. The number of carboxylic acid groups (broad SMARTS) is 1. The number of thiazole rings is 1. The van der Waals surface area contributed by atoms with Crippen molar-refractivity contribution >= 4 is 29.1 Å². The van der Waals surface area contributed by atoms with Crippen LogP contribution < -0.4 is 5.73 Å². The van der Waals surface area contributed by atoms with Gasteiger partial charge in [-0.3, -0.25) is 4.79 Å². The molecule has 6 heteroatoms. The van der Waals surface area contributed by atoms with Gasteiger partial charge in [0.2, 0.25) is 0 Å². The van der Waals surface area contributed by atoms with Crippen LogP contribution in [0.3, 0.4) is 0 Å². The molecule has 0 radical (unpaired) electrons. The van der Waals surface area contributed by atoms with E-state index in [4.69, 9.17) is 10.8 Å². The molecular formula is C9H14N2O2S2. The van der Waals surface area contributed by atoms with Crippen LogP contribution in [0.25, 0.3) is 0 Å². The zero-order chi connectivity index (χ0) is 11.3. The van der Waals surface area contributed by atoms with Crippen molar-refractivity contribution in [3.8, 4) is 0 Å². The number of nitrogens with zero attached hydrogens (tertiary/aromatic N) is 1. The molecule has 15 heavy (non-hydrogen) atoms. The van der Waals surface area contributed by atoms with E-state index in [2.05, 4.69) is 4.98 Å². The number of rotatable bonds is 6. The van der Waals surface area contributed by atoms with E-state index in [-0.39, 0.29) is 0 Å². The SMILES string of the molecule is CC(N)(CCCSc1nccs1)C(=O)O. The quantitative estimate of drug-likeness (QED) is 0.591. The third-order valence-electron chi connectivity index (χ3n) is 1.96. The third-order valence-corrected chi connectivity index (χ3v) is 4.02. The van der Waals surface area contributed by atoms with Gasteiger partial charge in [-0.2, -0.15) is 0 Å². The second-order valence-electron chi connectivity index (χ2n) is 3.47. The summed E-state index contributed by atoms with van der Waals surface area (Å²) in [6.07, 6.45) is 3.03. The summed E-state index contributed by atoms with van der Waals surface area (Å²) in [5, 5.41) is 10.7. The van der Waals surface area contributed by atoms with Gasteiger partial charge in [-0.15, -0.1) is 11.3 Å². The standard InChI is InChI=1S/C9H14N2O2S2/c1-9(10,7(12)13)3-2-5-14-8-11-4-6-15-8/h4,6H,2-3,5,10H2,1H3,(H,12,13). The lowest BCUT2D eigenvalue weighted by Crippen LogP contribution is -2.44. The summed E-state index contributed by atoms with van der Waals surface area (Å²) >= 11 is 3.23. The summed E-state index contributed by atoms with van der Waals surface area (Å²) in [5.74, 6) is -0.0881. The normalized spacial score (nSPS) is 14.8. The summed E-state index contributed by atoms with van der Waals surface area (Å²) in [5.41, 5.74) is 4.49. The number of nitrogens with two attached hydrogens (primary N) is 1. The first-order valence-corrected chi connectivity index (χ1v) is 6.43. The van der Waals surface area contributed by atoms with E-state index >= 15 is 0 Å². The van der Waals surface area contributed by atoms with Gasteiger partial charge in [-0.05, 0) is 19.8 Å².